The number of benzene rings is 13. The van der Waals surface area contributed by atoms with Gasteiger partial charge in [-0.3, -0.25) is 0 Å². The van der Waals surface area contributed by atoms with E-state index in [4.69, 9.17) is 0 Å². The molecule has 0 atom stereocenters. The van der Waals surface area contributed by atoms with Crippen LogP contribution in [0.25, 0.3) is 97.4 Å². The summed E-state index contributed by atoms with van der Waals surface area (Å²) in [6, 6.07) is 111. The van der Waals surface area contributed by atoms with Gasteiger partial charge in [-0.05, 0) is 139 Å². The van der Waals surface area contributed by atoms with Gasteiger partial charge in [0.05, 0.1) is 11.4 Å². The van der Waals surface area contributed by atoms with E-state index in [2.05, 4.69) is 313 Å². The second-order valence-corrected chi connectivity index (χ2v) is 20.7. The largest absolute Gasteiger partial charge is 0.310 e. The lowest BCUT2D eigenvalue weighted by Gasteiger charge is -2.31. The van der Waals surface area contributed by atoms with Gasteiger partial charge >= 0.3 is 0 Å². The van der Waals surface area contributed by atoms with Crippen LogP contribution in [-0.2, 0) is 0 Å². The van der Waals surface area contributed by atoms with Crippen molar-refractivity contribution in [1.29, 1.82) is 0 Å². The maximum Gasteiger partial charge on any atom is 0.0540 e. The van der Waals surface area contributed by atoms with Gasteiger partial charge in [-0.2, -0.15) is 0 Å². The Bertz CT molecular complexity index is 4450. The zero-order valence-electron chi connectivity index (χ0n) is 42.2. The fraction of sp³-hybridized carbons (Fsp3) is 0. The first-order valence-electron chi connectivity index (χ1n) is 26.3. The van der Waals surface area contributed by atoms with Gasteiger partial charge in [0.25, 0.3) is 0 Å². The van der Waals surface area contributed by atoms with E-state index >= 15 is 0 Å². The van der Waals surface area contributed by atoms with Crippen LogP contribution in [0, 0.1) is 0 Å². The molecule has 0 aliphatic carbocycles. The summed E-state index contributed by atoms with van der Waals surface area (Å²) in [5.74, 6) is 0. The SMILES string of the molecule is c1ccc(-c2cccc(N(c3ccc(-c4ccc5c(c4)sc4c6ccccc6ccc54)cc3)c3ccccc3-c3ccccc3N(c3cccc(-c4ccccc4)c3)c3ccc4cc(-c5ccccc5)ccc4c3)c2)cc1. The molecule has 0 fully saturated rings. The number of para-hydroxylation sites is 2. The topological polar surface area (TPSA) is 6.48 Å². The van der Waals surface area contributed by atoms with E-state index in [0.29, 0.717) is 0 Å². The number of anilines is 6. The van der Waals surface area contributed by atoms with Crippen LogP contribution < -0.4 is 9.80 Å². The Hall–Kier alpha value is -9.80. The van der Waals surface area contributed by atoms with Crippen LogP contribution in [0.15, 0.2) is 303 Å². The van der Waals surface area contributed by atoms with Gasteiger partial charge in [-0.15, -0.1) is 11.3 Å². The fourth-order valence-corrected chi connectivity index (χ4v) is 12.5. The summed E-state index contributed by atoms with van der Waals surface area (Å²) >= 11 is 1.89. The molecule has 14 aromatic rings. The van der Waals surface area contributed by atoms with Crippen LogP contribution in [0.5, 0.6) is 0 Å². The highest BCUT2D eigenvalue weighted by atomic mass is 32.1. The maximum absolute atomic E-state index is 2.44. The number of hydrogen-bond donors (Lipinski definition) is 0. The Balaban J connectivity index is 0.913. The molecule has 77 heavy (non-hydrogen) atoms. The van der Waals surface area contributed by atoms with E-state index in [1.165, 1.54) is 75.1 Å². The Kier molecular flexibility index (Phi) is 11.8. The van der Waals surface area contributed by atoms with Crippen molar-refractivity contribution < 1.29 is 0 Å². The smallest absolute Gasteiger partial charge is 0.0540 e. The Labute approximate surface area is 453 Å². The molecule has 13 aromatic carbocycles. The van der Waals surface area contributed by atoms with E-state index < -0.39 is 0 Å². The second-order valence-electron chi connectivity index (χ2n) is 19.7. The van der Waals surface area contributed by atoms with Gasteiger partial charge < -0.3 is 9.80 Å². The van der Waals surface area contributed by atoms with Crippen LogP contribution in [0.2, 0.25) is 0 Å². The summed E-state index contributed by atoms with van der Waals surface area (Å²) in [5, 5.41) is 7.58. The molecule has 0 aliphatic heterocycles. The third kappa shape index (κ3) is 8.69. The number of thiophene rings is 1. The van der Waals surface area contributed by atoms with Gasteiger partial charge in [0.1, 0.15) is 0 Å². The van der Waals surface area contributed by atoms with Crippen LogP contribution >= 0.6 is 11.3 Å². The Morgan fingerprint density at radius 1 is 0.221 bits per heavy atom. The number of nitrogens with zero attached hydrogens (tertiary/aromatic N) is 2. The van der Waals surface area contributed by atoms with Gasteiger partial charge in [0, 0.05) is 54.0 Å². The third-order valence-corrected chi connectivity index (χ3v) is 16.2. The van der Waals surface area contributed by atoms with Crippen molar-refractivity contribution in [3.8, 4) is 55.6 Å². The normalized spacial score (nSPS) is 11.4. The van der Waals surface area contributed by atoms with Gasteiger partial charge in [-0.1, -0.05) is 231 Å². The molecule has 2 nitrogen and oxygen atoms in total. The maximum atomic E-state index is 2.44. The molecule has 362 valence electrons. The standard InChI is InChI=1S/C74H50N2S/c1-4-18-51(19-5-1)56-25-16-27-63(47-56)75(62-41-36-54(37-42-62)61-40-44-69-70-45-39-55-24-10-11-29-66(55)74(70)77-73(69)50-61)71-32-14-12-30-67(71)68-31-13-15-33-72(68)76(64-28-17-26-57(48-64)52-20-6-2-7-21-52)65-43-38-59-46-58(34-35-60(59)49-65)53-22-8-3-9-23-53/h1-50H. The Morgan fingerprint density at radius 2 is 0.636 bits per heavy atom. The van der Waals surface area contributed by atoms with Crippen molar-refractivity contribution in [2.75, 3.05) is 9.80 Å². The molecule has 0 spiro atoms. The molecule has 1 aromatic heterocycles. The predicted molar refractivity (Wildman–Crippen MR) is 331 cm³/mol. The van der Waals surface area contributed by atoms with Crippen molar-refractivity contribution in [3.05, 3.63) is 303 Å². The summed E-state index contributed by atoms with van der Waals surface area (Å²) in [6.45, 7) is 0. The van der Waals surface area contributed by atoms with Crippen LogP contribution in [0.1, 0.15) is 0 Å². The molecule has 3 heteroatoms. The van der Waals surface area contributed by atoms with E-state index in [9.17, 15) is 0 Å². The summed E-state index contributed by atoms with van der Waals surface area (Å²) in [4.78, 5) is 4.87. The minimum Gasteiger partial charge on any atom is -0.310 e. The zero-order chi connectivity index (χ0) is 51.1. The lowest BCUT2D eigenvalue weighted by atomic mass is 9.97. The number of hydrogen-bond acceptors (Lipinski definition) is 3. The summed E-state index contributed by atoms with van der Waals surface area (Å²) in [7, 11) is 0. The molecular weight excluding hydrogens is 949 g/mol. The van der Waals surface area contributed by atoms with Crippen molar-refractivity contribution in [2.45, 2.75) is 0 Å². The summed E-state index contributed by atoms with van der Waals surface area (Å²) in [6.07, 6.45) is 0. The molecule has 0 amide bonds. The highest BCUT2D eigenvalue weighted by molar-refractivity contribution is 7.26. The lowest BCUT2D eigenvalue weighted by Crippen LogP contribution is -2.14. The van der Waals surface area contributed by atoms with E-state index in [1.54, 1.807) is 0 Å². The van der Waals surface area contributed by atoms with Crippen molar-refractivity contribution >= 4 is 87.2 Å². The highest BCUT2D eigenvalue weighted by Gasteiger charge is 2.23. The zero-order valence-corrected chi connectivity index (χ0v) is 43.0. The average molecular weight is 999 g/mol. The quantitative estimate of drug-likeness (QED) is 0.127. The molecule has 14 rings (SSSR count). The van der Waals surface area contributed by atoms with Crippen LogP contribution in [0.4, 0.5) is 34.1 Å². The predicted octanol–water partition coefficient (Wildman–Crippen LogP) is 21.6. The van der Waals surface area contributed by atoms with Gasteiger partial charge in [0.15, 0.2) is 0 Å². The average Bonchev–Trinajstić information content (AvgIpc) is 3.92. The molecule has 0 bridgehead atoms. The second kappa shape index (κ2) is 19.8. The molecule has 0 unspecified atom stereocenters. The molecule has 0 saturated carbocycles. The molecule has 0 radical (unpaired) electrons. The lowest BCUT2D eigenvalue weighted by molar-refractivity contribution is 1.27. The third-order valence-electron chi connectivity index (χ3n) is 15.0. The molecule has 0 saturated heterocycles. The first-order valence-corrected chi connectivity index (χ1v) is 27.1. The van der Waals surface area contributed by atoms with Gasteiger partial charge in [0.2, 0.25) is 0 Å². The number of fused-ring (bicyclic) bond motifs is 6. The minimum atomic E-state index is 1.06. The Morgan fingerprint density at radius 3 is 1.27 bits per heavy atom. The van der Waals surface area contributed by atoms with Crippen molar-refractivity contribution in [3.63, 3.8) is 0 Å². The van der Waals surface area contributed by atoms with Crippen LogP contribution in [-0.4, -0.2) is 0 Å². The molecule has 0 aliphatic rings. The monoisotopic (exact) mass is 998 g/mol. The van der Waals surface area contributed by atoms with E-state index in [0.717, 1.165) is 56.4 Å². The van der Waals surface area contributed by atoms with Crippen LogP contribution in [0.3, 0.4) is 0 Å². The minimum absolute atomic E-state index is 1.06. The number of rotatable bonds is 11. The van der Waals surface area contributed by atoms with Crippen molar-refractivity contribution in [2.24, 2.45) is 0 Å². The highest BCUT2D eigenvalue weighted by Crippen LogP contribution is 2.48. The molecule has 0 N–H and O–H groups in total. The fourth-order valence-electron chi connectivity index (χ4n) is 11.2. The summed E-state index contributed by atoms with van der Waals surface area (Å²) < 4.78 is 2.64. The first kappa shape index (κ1) is 45.8. The summed E-state index contributed by atoms with van der Waals surface area (Å²) in [5.41, 5.74) is 18.1. The van der Waals surface area contributed by atoms with Crippen molar-refractivity contribution in [1.82, 2.24) is 0 Å². The first-order chi connectivity index (χ1) is 38.2. The van der Waals surface area contributed by atoms with E-state index in [1.807, 2.05) is 11.3 Å². The molecular formula is C74H50N2S. The molecule has 1 heterocycles. The van der Waals surface area contributed by atoms with Gasteiger partial charge in [-0.25, -0.2) is 0 Å². The van der Waals surface area contributed by atoms with E-state index in [-0.39, 0.29) is 0 Å².